The number of nitrogens with zero attached hydrogens (tertiary/aromatic N) is 2. The highest BCUT2D eigenvalue weighted by Gasteiger charge is 2.11. The third-order valence-corrected chi connectivity index (χ3v) is 4.49. The molecule has 2 nitrogen and oxygen atoms in total. The van der Waals surface area contributed by atoms with E-state index in [0.717, 1.165) is 19.3 Å². The summed E-state index contributed by atoms with van der Waals surface area (Å²) in [5.74, 6) is 1.20. The second-order valence-corrected chi connectivity index (χ2v) is 6.04. The molecule has 102 valence electrons. The minimum absolute atomic E-state index is 0.501. The van der Waals surface area contributed by atoms with E-state index in [2.05, 4.69) is 45.4 Å². The van der Waals surface area contributed by atoms with E-state index < -0.39 is 0 Å². The van der Waals surface area contributed by atoms with Crippen molar-refractivity contribution in [2.75, 3.05) is 5.88 Å². The molecule has 0 aliphatic heterocycles. The van der Waals surface area contributed by atoms with Crippen LogP contribution in [-0.2, 0) is 19.9 Å². The molecule has 0 aliphatic rings. The van der Waals surface area contributed by atoms with Crippen molar-refractivity contribution in [3.63, 3.8) is 0 Å². The second-order valence-electron chi connectivity index (χ2n) is 4.88. The maximum Gasteiger partial charge on any atom is 0.0521 e. The molecule has 0 aliphatic carbocycles. The lowest BCUT2D eigenvalue weighted by Crippen LogP contribution is -2.08. The summed E-state index contributed by atoms with van der Waals surface area (Å²) >= 11 is 9.70. The topological polar surface area (TPSA) is 17.8 Å². The average molecular weight is 342 g/mol. The van der Waals surface area contributed by atoms with E-state index in [-0.39, 0.29) is 0 Å². The lowest BCUT2D eigenvalue weighted by atomic mass is 9.95. The van der Waals surface area contributed by atoms with Crippen LogP contribution in [0.25, 0.3) is 0 Å². The Morgan fingerprint density at radius 1 is 1.37 bits per heavy atom. The smallest absolute Gasteiger partial charge is 0.0521 e. The normalized spacial score (nSPS) is 12.6. The van der Waals surface area contributed by atoms with Crippen molar-refractivity contribution in [1.29, 1.82) is 0 Å². The fraction of sp³-hybridized carbons (Fsp3) is 0.400. The first kappa shape index (κ1) is 14.6. The number of alkyl halides is 1. The van der Waals surface area contributed by atoms with Crippen molar-refractivity contribution in [2.24, 2.45) is 13.0 Å². The predicted molar refractivity (Wildman–Crippen MR) is 83.6 cm³/mol. The Kier molecular flexibility index (Phi) is 5.46. The van der Waals surface area contributed by atoms with Crippen LogP contribution in [0.2, 0.25) is 0 Å². The molecule has 0 N–H and O–H groups in total. The molecule has 1 aromatic heterocycles. The molecular formula is C15H18BrClN2. The summed E-state index contributed by atoms with van der Waals surface area (Å²) in [7, 11) is 1.95. The van der Waals surface area contributed by atoms with Crippen LogP contribution in [-0.4, -0.2) is 15.7 Å². The van der Waals surface area contributed by atoms with Crippen molar-refractivity contribution in [3.8, 4) is 0 Å². The van der Waals surface area contributed by atoms with E-state index in [9.17, 15) is 0 Å². The molecule has 0 saturated heterocycles. The zero-order valence-corrected chi connectivity index (χ0v) is 13.4. The number of halogens is 2. The van der Waals surface area contributed by atoms with Gasteiger partial charge in [-0.3, -0.25) is 4.68 Å². The van der Waals surface area contributed by atoms with Crippen LogP contribution in [0.3, 0.4) is 0 Å². The lowest BCUT2D eigenvalue weighted by Gasteiger charge is -2.14. The molecule has 1 atom stereocenters. The van der Waals surface area contributed by atoms with Gasteiger partial charge in [0.15, 0.2) is 0 Å². The molecule has 0 fully saturated rings. The maximum atomic E-state index is 6.11. The van der Waals surface area contributed by atoms with E-state index in [1.54, 1.807) is 0 Å². The summed E-state index contributed by atoms with van der Waals surface area (Å²) in [6.07, 6.45) is 7.16. The minimum atomic E-state index is 0.501. The van der Waals surface area contributed by atoms with Crippen molar-refractivity contribution in [2.45, 2.75) is 19.3 Å². The van der Waals surface area contributed by atoms with Gasteiger partial charge >= 0.3 is 0 Å². The monoisotopic (exact) mass is 340 g/mol. The molecule has 1 aromatic carbocycles. The summed E-state index contributed by atoms with van der Waals surface area (Å²) in [6.45, 7) is 0. The van der Waals surface area contributed by atoms with Gasteiger partial charge in [-0.05, 0) is 42.4 Å². The van der Waals surface area contributed by atoms with Crippen LogP contribution in [0, 0.1) is 5.92 Å². The summed E-state index contributed by atoms with van der Waals surface area (Å²) < 4.78 is 3.02. The van der Waals surface area contributed by atoms with Gasteiger partial charge in [0.1, 0.15) is 0 Å². The van der Waals surface area contributed by atoms with Gasteiger partial charge in [-0.2, -0.15) is 5.10 Å². The lowest BCUT2D eigenvalue weighted by molar-refractivity contribution is 0.535. The molecule has 2 aromatic rings. The van der Waals surface area contributed by atoms with Gasteiger partial charge in [0, 0.05) is 23.6 Å². The number of hydrogen-bond donors (Lipinski definition) is 0. The Balaban J connectivity index is 1.92. The predicted octanol–water partition coefficient (Wildman–Crippen LogP) is 4.21. The Morgan fingerprint density at radius 2 is 2.16 bits per heavy atom. The van der Waals surface area contributed by atoms with Crippen LogP contribution in [0.5, 0.6) is 0 Å². The van der Waals surface area contributed by atoms with Gasteiger partial charge in [-0.25, -0.2) is 0 Å². The molecule has 2 rings (SSSR count). The zero-order chi connectivity index (χ0) is 13.7. The molecule has 0 amide bonds. The van der Waals surface area contributed by atoms with Gasteiger partial charge in [0.2, 0.25) is 0 Å². The number of aryl methyl sites for hydroxylation is 2. The zero-order valence-electron chi connectivity index (χ0n) is 11.0. The highest BCUT2D eigenvalue weighted by molar-refractivity contribution is 9.10. The van der Waals surface area contributed by atoms with E-state index in [1.807, 2.05) is 24.0 Å². The number of hydrogen-bond acceptors (Lipinski definition) is 1. The second kappa shape index (κ2) is 7.11. The van der Waals surface area contributed by atoms with Crippen molar-refractivity contribution in [3.05, 3.63) is 52.3 Å². The van der Waals surface area contributed by atoms with Gasteiger partial charge in [0.25, 0.3) is 0 Å². The van der Waals surface area contributed by atoms with Crippen LogP contribution in [0.4, 0.5) is 0 Å². The van der Waals surface area contributed by atoms with Gasteiger partial charge in [0.05, 0.1) is 6.20 Å². The molecule has 0 radical (unpaired) electrons. The van der Waals surface area contributed by atoms with Gasteiger partial charge < -0.3 is 0 Å². The highest BCUT2D eigenvalue weighted by Crippen LogP contribution is 2.22. The minimum Gasteiger partial charge on any atom is -0.276 e. The van der Waals surface area contributed by atoms with Crippen LogP contribution >= 0.6 is 27.5 Å². The van der Waals surface area contributed by atoms with E-state index in [1.165, 1.54) is 15.6 Å². The Labute approximate surface area is 127 Å². The molecule has 4 heteroatoms. The SMILES string of the molecule is Cn1cc(CCC(CCl)Cc2ccccc2Br)cn1. The quantitative estimate of drug-likeness (QED) is 0.720. The van der Waals surface area contributed by atoms with Gasteiger partial charge in [-0.15, -0.1) is 11.6 Å². The molecule has 19 heavy (non-hydrogen) atoms. The molecule has 0 bridgehead atoms. The molecule has 1 heterocycles. The molecule has 1 unspecified atom stereocenters. The van der Waals surface area contributed by atoms with E-state index >= 15 is 0 Å². The number of rotatable bonds is 6. The average Bonchev–Trinajstić information content (AvgIpc) is 2.82. The van der Waals surface area contributed by atoms with Gasteiger partial charge in [-0.1, -0.05) is 34.1 Å². The Hall–Kier alpha value is -0.800. The first-order valence-corrected chi connectivity index (χ1v) is 7.78. The number of benzene rings is 1. The van der Waals surface area contributed by atoms with Crippen LogP contribution in [0.15, 0.2) is 41.1 Å². The largest absolute Gasteiger partial charge is 0.276 e. The standard InChI is InChI=1S/C15H18BrClN2/c1-19-11-13(10-18-19)7-6-12(9-17)8-14-4-2-3-5-15(14)16/h2-5,10-12H,6-9H2,1H3. The first-order chi connectivity index (χ1) is 9.19. The summed E-state index contributed by atoms with van der Waals surface area (Å²) in [5, 5.41) is 4.19. The Bertz CT molecular complexity index is 524. The first-order valence-electron chi connectivity index (χ1n) is 6.46. The molecule has 0 spiro atoms. The summed E-state index contributed by atoms with van der Waals surface area (Å²) in [6, 6.07) is 8.36. The fourth-order valence-electron chi connectivity index (χ4n) is 2.18. The summed E-state index contributed by atoms with van der Waals surface area (Å²) in [5.41, 5.74) is 2.61. The van der Waals surface area contributed by atoms with Crippen molar-refractivity contribution in [1.82, 2.24) is 9.78 Å². The third kappa shape index (κ3) is 4.36. The summed E-state index contributed by atoms with van der Waals surface area (Å²) in [4.78, 5) is 0. The van der Waals surface area contributed by atoms with Crippen LogP contribution in [0.1, 0.15) is 17.5 Å². The van der Waals surface area contributed by atoms with E-state index in [0.29, 0.717) is 11.8 Å². The Morgan fingerprint density at radius 3 is 2.79 bits per heavy atom. The molecular weight excluding hydrogens is 324 g/mol. The maximum absolute atomic E-state index is 6.11. The van der Waals surface area contributed by atoms with E-state index in [4.69, 9.17) is 11.6 Å². The van der Waals surface area contributed by atoms with Crippen molar-refractivity contribution >= 4 is 27.5 Å². The third-order valence-electron chi connectivity index (χ3n) is 3.28. The number of aromatic nitrogens is 2. The van der Waals surface area contributed by atoms with Crippen molar-refractivity contribution < 1.29 is 0 Å². The molecule has 0 saturated carbocycles. The van der Waals surface area contributed by atoms with Crippen LogP contribution < -0.4 is 0 Å². The fourth-order valence-corrected chi connectivity index (χ4v) is 2.89. The highest BCUT2D eigenvalue weighted by atomic mass is 79.9.